The first-order valence-corrected chi connectivity index (χ1v) is 8.00. The zero-order valence-corrected chi connectivity index (χ0v) is 14.9. The summed E-state index contributed by atoms with van der Waals surface area (Å²) in [5.41, 5.74) is 7.47. The Bertz CT molecular complexity index is 373. The Morgan fingerprint density at radius 1 is 1.19 bits per heavy atom. The number of rotatable bonds is 1. The lowest BCUT2D eigenvalue weighted by Crippen LogP contribution is -2.13. The molecule has 0 spiro atoms. The number of benzene rings is 1. The highest BCUT2D eigenvalue weighted by atomic mass is 16.1. The Morgan fingerprint density at radius 3 is 2.05 bits per heavy atom. The summed E-state index contributed by atoms with van der Waals surface area (Å²) in [6.45, 7) is 14.0. The van der Waals surface area contributed by atoms with Crippen molar-refractivity contribution >= 4 is 5.91 Å². The molecule has 0 radical (unpaired) electrons. The van der Waals surface area contributed by atoms with Crippen LogP contribution in [0.3, 0.4) is 0 Å². The topological polar surface area (TPSA) is 46.3 Å². The van der Waals surface area contributed by atoms with E-state index in [1.165, 1.54) is 32.0 Å². The number of carbonyl (C=O) groups excluding carboxylic acids is 1. The summed E-state index contributed by atoms with van der Waals surface area (Å²) in [6.07, 6.45) is 1.32. The van der Waals surface area contributed by atoms with Crippen molar-refractivity contribution in [2.45, 2.75) is 53.9 Å². The number of nitrogens with two attached hydrogens (primary N) is 1. The average molecular weight is 294 g/mol. The van der Waals surface area contributed by atoms with Crippen LogP contribution in [0.1, 0.15) is 58.1 Å². The third kappa shape index (κ3) is 10.1. The van der Waals surface area contributed by atoms with E-state index in [0.29, 0.717) is 0 Å². The van der Waals surface area contributed by atoms with E-state index in [0.717, 1.165) is 5.92 Å². The summed E-state index contributed by atoms with van der Waals surface area (Å²) in [4.78, 5) is 11.6. The molecule has 1 fully saturated rings. The highest BCUT2D eigenvalue weighted by molar-refractivity contribution is 5.70. The van der Waals surface area contributed by atoms with E-state index >= 15 is 0 Å². The molecular formula is C18H34N2O. The van der Waals surface area contributed by atoms with Crippen LogP contribution in [0.5, 0.6) is 0 Å². The minimum Gasteiger partial charge on any atom is -0.370 e. The third-order valence-corrected chi connectivity index (χ3v) is 3.02. The van der Waals surface area contributed by atoms with Crippen molar-refractivity contribution in [1.82, 2.24) is 4.90 Å². The second kappa shape index (κ2) is 13.6. The number of carbonyl (C=O) groups is 1. The van der Waals surface area contributed by atoms with Gasteiger partial charge in [0.2, 0.25) is 5.91 Å². The maximum absolute atomic E-state index is 9.22. The number of primary amides is 1. The van der Waals surface area contributed by atoms with Gasteiger partial charge in [0.15, 0.2) is 0 Å². The molecule has 3 heteroatoms. The number of aryl methyl sites for hydroxylation is 1. The van der Waals surface area contributed by atoms with Gasteiger partial charge < -0.3 is 10.6 Å². The van der Waals surface area contributed by atoms with Crippen molar-refractivity contribution in [2.24, 2.45) is 5.73 Å². The SMILES string of the molecule is CC.CC.CC(N)=O.Cc1ccccc1[C@@H]1CCN(C)C1. The number of likely N-dealkylation sites (tertiary alicyclic amines) is 1. The van der Waals surface area contributed by atoms with Gasteiger partial charge in [-0.15, -0.1) is 0 Å². The van der Waals surface area contributed by atoms with Gasteiger partial charge in [-0.3, -0.25) is 4.79 Å². The van der Waals surface area contributed by atoms with E-state index in [4.69, 9.17) is 0 Å². The van der Waals surface area contributed by atoms with Crippen molar-refractivity contribution in [2.75, 3.05) is 20.1 Å². The molecule has 2 N–H and O–H groups in total. The number of hydrogen-bond acceptors (Lipinski definition) is 2. The lowest BCUT2D eigenvalue weighted by Gasteiger charge is -2.13. The van der Waals surface area contributed by atoms with Crippen LogP contribution in [0.25, 0.3) is 0 Å². The van der Waals surface area contributed by atoms with E-state index in [1.54, 1.807) is 5.56 Å². The van der Waals surface area contributed by atoms with E-state index < -0.39 is 0 Å². The molecule has 0 saturated carbocycles. The first kappa shape index (κ1) is 21.9. The quantitative estimate of drug-likeness (QED) is 0.852. The number of likely N-dealkylation sites (N-methyl/N-ethyl adjacent to an activating group) is 1. The van der Waals surface area contributed by atoms with Gasteiger partial charge in [-0.25, -0.2) is 0 Å². The summed E-state index contributed by atoms with van der Waals surface area (Å²) in [6, 6.07) is 8.77. The Kier molecular flexibility index (Phi) is 14.2. The standard InChI is InChI=1S/C12H17N.C2H5NO.2C2H6/c1-10-5-3-4-6-12(10)11-7-8-13(2)9-11;1-2(3)4;2*1-2/h3-6,11H,7-9H2,1-2H3;1H3,(H2,3,4);2*1-2H3/t11-;;;/m1.../s1. The van der Waals surface area contributed by atoms with Gasteiger partial charge in [-0.1, -0.05) is 52.0 Å². The van der Waals surface area contributed by atoms with Gasteiger partial charge >= 0.3 is 0 Å². The van der Waals surface area contributed by atoms with Crippen LogP contribution in [0.2, 0.25) is 0 Å². The number of amides is 1. The van der Waals surface area contributed by atoms with Gasteiger partial charge in [0, 0.05) is 13.5 Å². The second-order valence-corrected chi connectivity index (χ2v) is 4.72. The molecule has 1 aromatic carbocycles. The predicted molar refractivity (Wildman–Crippen MR) is 93.6 cm³/mol. The van der Waals surface area contributed by atoms with Crippen LogP contribution in [-0.2, 0) is 4.79 Å². The number of hydrogen-bond donors (Lipinski definition) is 1. The summed E-state index contributed by atoms with van der Waals surface area (Å²) in [7, 11) is 2.21. The van der Waals surface area contributed by atoms with E-state index in [9.17, 15) is 4.79 Å². The minimum atomic E-state index is -0.333. The Morgan fingerprint density at radius 2 is 1.67 bits per heavy atom. The number of nitrogens with zero attached hydrogens (tertiary/aromatic N) is 1. The normalized spacial score (nSPS) is 16.4. The zero-order valence-electron chi connectivity index (χ0n) is 14.9. The van der Waals surface area contributed by atoms with Gasteiger partial charge in [-0.2, -0.15) is 0 Å². The third-order valence-electron chi connectivity index (χ3n) is 3.02. The van der Waals surface area contributed by atoms with Crippen LogP contribution in [0.4, 0.5) is 0 Å². The largest absolute Gasteiger partial charge is 0.370 e. The molecular weight excluding hydrogens is 260 g/mol. The molecule has 1 aliphatic rings. The van der Waals surface area contributed by atoms with Crippen molar-refractivity contribution in [3.8, 4) is 0 Å². The van der Waals surface area contributed by atoms with Gasteiger partial charge in [0.1, 0.15) is 0 Å². The average Bonchev–Trinajstić information content (AvgIpc) is 2.90. The molecule has 1 heterocycles. The molecule has 21 heavy (non-hydrogen) atoms. The van der Waals surface area contributed by atoms with E-state index in [1.807, 2.05) is 27.7 Å². The van der Waals surface area contributed by atoms with Crippen LogP contribution in [-0.4, -0.2) is 30.9 Å². The molecule has 122 valence electrons. The van der Waals surface area contributed by atoms with Crippen LogP contribution in [0.15, 0.2) is 24.3 Å². The van der Waals surface area contributed by atoms with Gasteiger partial charge in [0.05, 0.1) is 0 Å². The Balaban J connectivity index is 0. The fourth-order valence-corrected chi connectivity index (χ4v) is 2.23. The molecule has 1 aromatic rings. The lowest BCUT2D eigenvalue weighted by atomic mass is 9.94. The summed E-state index contributed by atoms with van der Waals surface area (Å²) in [5, 5.41) is 0. The zero-order chi connectivity index (χ0) is 16.8. The second-order valence-electron chi connectivity index (χ2n) is 4.72. The minimum absolute atomic E-state index is 0.333. The molecule has 0 aliphatic carbocycles. The molecule has 3 nitrogen and oxygen atoms in total. The monoisotopic (exact) mass is 294 g/mol. The van der Waals surface area contributed by atoms with Crippen LogP contribution in [0, 0.1) is 6.92 Å². The molecule has 2 rings (SSSR count). The van der Waals surface area contributed by atoms with Crippen molar-refractivity contribution in [3.05, 3.63) is 35.4 Å². The first-order chi connectivity index (χ1) is 10.0. The van der Waals surface area contributed by atoms with E-state index in [2.05, 4.69) is 48.9 Å². The molecule has 0 bridgehead atoms. The molecule has 0 aromatic heterocycles. The summed E-state index contributed by atoms with van der Waals surface area (Å²) >= 11 is 0. The fourth-order valence-electron chi connectivity index (χ4n) is 2.23. The highest BCUT2D eigenvalue weighted by Crippen LogP contribution is 2.28. The smallest absolute Gasteiger partial charge is 0.214 e. The van der Waals surface area contributed by atoms with Crippen molar-refractivity contribution < 1.29 is 4.79 Å². The highest BCUT2D eigenvalue weighted by Gasteiger charge is 2.21. The van der Waals surface area contributed by atoms with Crippen LogP contribution < -0.4 is 5.73 Å². The molecule has 0 unspecified atom stereocenters. The Labute approximate surface area is 131 Å². The molecule has 1 atom stereocenters. The molecule has 1 saturated heterocycles. The molecule has 1 aliphatic heterocycles. The van der Waals surface area contributed by atoms with Gasteiger partial charge in [0.25, 0.3) is 0 Å². The van der Waals surface area contributed by atoms with Crippen molar-refractivity contribution in [1.29, 1.82) is 0 Å². The Hall–Kier alpha value is -1.35. The lowest BCUT2D eigenvalue weighted by molar-refractivity contribution is -0.115. The predicted octanol–water partition coefficient (Wildman–Crippen LogP) is 3.96. The van der Waals surface area contributed by atoms with Crippen LogP contribution >= 0.6 is 0 Å². The van der Waals surface area contributed by atoms with Gasteiger partial charge in [-0.05, 0) is 44.0 Å². The summed E-state index contributed by atoms with van der Waals surface area (Å²) in [5.74, 6) is 0.436. The van der Waals surface area contributed by atoms with Crippen molar-refractivity contribution in [3.63, 3.8) is 0 Å². The summed E-state index contributed by atoms with van der Waals surface area (Å²) < 4.78 is 0. The first-order valence-electron chi connectivity index (χ1n) is 8.00. The fraction of sp³-hybridized carbons (Fsp3) is 0.611. The maximum atomic E-state index is 9.22. The maximum Gasteiger partial charge on any atom is 0.214 e. The molecule has 1 amide bonds. The van der Waals surface area contributed by atoms with E-state index in [-0.39, 0.29) is 5.91 Å².